The Labute approximate surface area is 162 Å². The fraction of sp³-hybridized carbons (Fsp3) is 0.182. The molecule has 0 saturated carbocycles. The van der Waals surface area contributed by atoms with Gasteiger partial charge in [-0.2, -0.15) is 0 Å². The fourth-order valence-corrected chi connectivity index (χ4v) is 3.36. The molecular formula is C22H20N6. The average molecular weight is 368 g/mol. The van der Waals surface area contributed by atoms with E-state index in [1.165, 1.54) is 0 Å². The van der Waals surface area contributed by atoms with E-state index < -0.39 is 0 Å². The minimum absolute atomic E-state index is 0.803. The van der Waals surface area contributed by atoms with Gasteiger partial charge >= 0.3 is 0 Å². The largest absolute Gasteiger partial charge is 0.352 e. The van der Waals surface area contributed by atoms with Crippen molar-refractivity contribution in [1.82, 2.24) is 19.9 Å². The second-order valence-corrected chi connectivity index (χ2v) is 6.84. The van der Waals surface area contributed by atoms with Gasteiger partial charge in [-0.05, 0) is 49.2 Å². The summed E-state index contributed by atoms with van der Waals surface area (Å²) in [6, 6.07) is 16.1. The van der Waals surface area contributed by atoms with E-state index in [9.17, 15) is 0 Å². The number of benzene rings is 1. The van der Waals surface area contributed by atoms with Crippen LogP contribution in [0.5, 0.6) is 0 Å². The minimum atomic E-state index is 0.803. The molecule has 28 heavy (non-hydrogen) atoms. The molecular weight excluding hydrogens is 348 g/mol. The third-order valence-electron chi connectivity index (χ3n) is 4.78. The number of H-pyrrole nitrogens is 2. The number of aromatic nitrogens is 4. The molecule has 6 heteroatoms. The lowest BCUT2D eigenvalue weighted by Crippen LogP contribution is -1.97. The highest BCUT2D eigenvalue weighted by Gasteiger charge is 2.15. The van der Waals surface area contributed by atoms with Gasteiger partial charge in [-0.3, -0.25) is 9.98 Å². The first-order chi connectivity index (χ1) is 13.9. The van der Waals surface area contributed by atoms with Gasteiger partial charge in [-0.25, -0.2) is 9.97 Å². The maximum absolute atomic E-state index is 4.91. The Hall–Kier alpha value is -3.54. The van der Waals surface area contributed by atoms with E-state index in [1.807, 2.05) is 61.0 Å². The average Bonchev–Trinajstić information content (AvgIpc) is 3.38. The van der Waals surface area contributed by atoms with Crippen LogP contribution in [0.15, 0.2) is 58.5 Å². The normalized spacial score (nSPS) is 14.3. The zero-order valence-electron chi connectivity index (χ0n) is 15.4. The van der Waals surface area contributed by atoms with E-state index in [4.69, 9.17) is 9.97 Å². The molecule has 4 heterocycles. The summed E-state index contributed by atoms with van der Waals surface area (Å²) in [5.74, 6) is 0. The van der Waals surface area contributed by atoms with Crippen LogP contribution in [-0.4, -0.2) is 45.5 Å². The van der Waals surface area contributed by atoms with Gasteiger partial charge in [-0.1, -0.05) is 12.1 Å². The Morgan fingerprint density at radius 1 is 0.607 bits per heavy atom. The first-order valence-corrected chi connectivity index (χ1v) is 9.52. The van der Waals surface area contributed by atoms with Crippen LogP contribution in [0.3, 0.4) is 0 Å². The van der Waals surface area contributed by atoms with Gasteiger partial charge in [0.25, 0.3) is 0 Å². The van der Waals surface area contributed by atoms with E-state index in [0.29, 0.717) is 0 Å². The van der Waals surface area contributed by atoms with Crippen molar-refractivity contribution >= 4 is 23.5 Å². The number of nitrogens with zero attached hydrogens (tertiary/aromatic N) is 4. The summed E-state index contributed by atoms with van der Waals surface area (Å²) >= 11 is 0. The smallest absolute Gasteiger partial charge is 0.115 e. The molecule has 2 N–H and O–H groups in total. The third-order valence-corrected chi connectivity index (χ3v) is 4.78. The summed E-state index contributed by atoms with van der Waals surface area (Å²) < 4.78 is 0. The van der Waals surface area contributed by atoms with Crippen LogP contribution in [0, 0.1) is 0 Å². The maximum Gasteiger partial charge on any atom is 0.115 e. The minimum Gasteiger partial charge on any atom is -0.352 e. The standard InChI is InChI=1S/C22H20N6/c1-2-6-18-17(5-1)27-21-19-9-7-15(25-19)13-23-11-3-4-12-24-14-16-8-10-20(26-16)22(21)28-18/h1-2,5-10,13-14,25-26H,3-4,11-12H2. The van der Waals surface area contributed by atoms with Gasteiger partial charge in [0.1, 0.15) is 11.4 Å². The molecule has 0 radical (unpaired) electrons. The van der Waals surface area contributed by atoms with Crippen LogP contribution >= 0.6 is 0 Å². The lowest BCUT2D eigenvalue weighted by Gasteiger charge is -2.08. The molecule has 0 aliphatic carbocycles. The second kappa shape index (κ2) is 7.23. The third kappa shape index (κ3) is 3.24. The monoisotopic (exact) mass is 368 g/mol. The topological polar surface area (TPSA) is 82.1 Å². The lowest BCUT2D eigenvalue weighted by atomic mass is 10.1. The molecule has 0 saturated heterocycles. The van der Waals surface area contributed by atoms with Gasteiger partial charge in [0.2, 0.25) is 0 Å². The van der Waals surface area contributed by atoms with Crippen LogP contribution in [0.4, 0.5) is 0 Å². The summed E-state index contributed by atoms with van der Waals surface area (Å²) in [6.07, 6.45) is 5.83. The molecule has 1 aliphatic heterocycles. The summed E-state index contributed by atoms with van der Waals surface area (Å²) in [7, 11) is 0. The highest BCUT2D eigenvalue weighted by Crippen LogP contribution is 2.30. The van der Waals surface area contributed by atoms with Crippen LogP contribution in [0.2, 0.25) is 0 Å². The fourth-order valence-electron chi connectivity index (χ4n) is 3.36. The van der Waals surface area contributed by atoms with Crippen LogP contribution in [-0.2, 0) is 0 Å². The molecule has 1 aromatic carbocycles. The zero-order chi connectivity index (χ0) is 18.8. The van der Waals surface area contributed by atoms with E-state index in [1.54, 1.807) is 0 Å². The van der Waals surface area contributed by atoms with Crippen molar-refractivity contribution in [1.29, 1.82) is 0 Å². The molecule has 0 atom stereocenters. The van der Waals surface area contributed by atoms with Crippen molar-refractivity contribution in [2.75, 3.05) is 13.1 Å². The highest BCUT2D eigenvalue weighted by molar-refractivity contribution is 5.87. The zero-order valence-corrected chi connectivity index (χ0v) is 15.4. The number of para-hydroxylation sites is 2. The Bertz CT molecular complexity index is 1090. The first kappa shape index (κ1) is 16.6. The van der Waals surface area contributed by atoms with Crippen molar-refractivity contribution in [3.05, 3.63) is 59.9 Å². The van der Waals surface area contributed by atoms with Crippen LogP contribution in [0.1, 0.15) is 24.2 Å². The Morgan fingerprint density at radius 2 is 1.11 bits per heavy atom. The molecule has 3 aromatic heterocycles. The number of rotatable bonds is 0. The first-order valence-electron chi connectivity index (χ1n) is 9.52. The van der Waals surface area contributed by atoms with Gasteiger partial charge in [0, 0.05) is 25.5 Å². The summed E-state index contributed by atoms with van der Waals surface area (Å²) in [6.45, 7) is 1.61. The quantitative estimate of drug-likeness (QED) is 0.486. The lowest BCUT2D eigenvalue weighted by molar-refractivity contribution is 0.759. The van der Waals surface area contributed by atoms with Crippen LogP contribution in [0.25, 0.3) is 33.8 Å². The number of hydrogen-bond donors (Lipinski definition) is 2. The van der Waals surface area contributed by atoms with E-state index in [0.717, 1.165) is 71.1 Å². The molecule has 0 amide bonds. The van der Waals surface area contributed by atoms with Crippen molar-refractivity contribution in [3.63, 3.8) is 0 Å². The van der Waals surface area contributed by atoms with Crippen molar-refractivity contribution in [2.24, 2.45) is 9.98 Å². The molecule has 0 spiro atoms. The Kier molecular flexibility index (Phi) is 4.29. The van der Waals surface area contributed by atoms with Gasteiger partial charge < -0.3 is 9.97 Å². The summed E-state index contributed by atoms with van der Waals surface area (Å²) in [5, 5.41) is 0. The van der Waals surface area contributed by atoms with Gasteiger partial charge in [0.05, 0.1) is 33.8 Å². The maximum atomic E-state index is 4.91. The number of hydrogen-bond acceptors (Lipinski definition) is 4. The van der Waals surface area contributed by atoms with E-state index in [-0.39, 0.29) is 0 Å². The molecule has 0 fully saturated rings. The van der Waals surface area contributed by atoms with Crippen LogP contribution < -0.4 is 0 Å². The number of aromatic amines is 2. The van der Waals surface area contributed by atoms with Crippen molar-refractivity contribution < 1.29 is 0 Å². The van der Waals surface area contributed by atoms with Crippen molar-refractivity contribution in [2.45, 2.75) is 12.8 Å². The molecule has 4 bridgehead atoms. The predicted molar refractivity (Wildman–Crippen MR) is 113 cm³/mol. The number of fused-ring (bicyclic) bond motifs is 8. The molecule has 5 rings (SSSR count). The Balaban J connectivity index is 1.71. The number of aliphatic imine (C=N–C) groups is 2. The SMILES string of the molecule is C1=NCCCCN=Cc2ccc([nH]2)-c2nc3ccccc3nc2-c2ccc1[nH]2. The highest BCUT2D eigenvalue weighted by atomic mass is 14.9. The summed E-state index contributed by atoms with van der Waals surface area (Å²) in [5.41, 5.74) is 7.15. The molecule has 4 aromatic rings. The Morgan fingerprint density at radius 3 is 1.61 bits per heavy atom. The molecule has 1 aliphatic rings. The summed E-state index contributed by atoms with van der Waals surface area (Å²) in [4.78, 5) is 25.7. The van der Waals surface area contributed by atoms with E-state index in [2.05, 4.69) is 20.0 Å². The second-order valence-electron chi connectivity index (χ2n) is 6.84. The van der Waals surface area contributed by atoms with Gasteiger partial charge in [0.15, 0.2) is 0 Å². The molecule has 6 nitrogen and oxygen atoms in total. The van der Waals surface area contributed by atoms with Gasteiger partial charge in [-0.15, -0.1) is 0 Å². The number of nitrogens with one attached hydrogen (secondary N) is 2. The molecule has 0 unspecified atom stereocenters. The predicted octanol–water partition coefficient (Wildman–Crippen LogP) is 4.25. The van der Waals surface area contributed by atoms with E-state index >= 15 is 0 Å². The molecule has 138 valence electrons. The van der Waals surface area contributed by atoms with Crippen molar-refractivity contribution in [3.8, 4) is 22.8 Å².